The van der Waals surface area contributed by atoms with Gasteiger partial charge in [-0.2, -0.15) is 0 Å². The Morgan fingerprint density at radius 1 is 1.10 bits per heavy atom. The number of carbonyl (C=O) groups excluding carboxylic acids is 1. The number of halogens is 1. The summed E-state index contributed by atoms with van der Waals surface area (Å²) in [6, 6.07) is 12.7. The number of nitrogens with zero attached hydrogens (tertiary/aromatic N) is 1. The predicted octanol–water partition coefficient (Wildman–Crippen LogP) is 4.71. The van der Waals surface area contributed by atoms with Gasteiger partial charge in [0.25, 0.3) is 0 Å². The summed E-state index contributed by atoms with van der Waals surface area (Å²) in [5, 5.41) is 2.48. The molecule has 3 aromatic rings. The van der Waals surface area contributed by atoms with Crippen LogP contribution in [0.1, 0.15) is 18.9 Å². The second kappa shape index (κ2) is 5.41. The lowest BCUT2D eigenvalue weighted by molar-refractivity contribution is -0.107. The van der Waals surface area contributed by atoms with Crippen molar-refractivity contribution in [3.8, 4) is 0 Å². The fourth-order valence-corrected chi connectivity index (χ4v) is 3.17. The van der Waals surface area contributed by atoms with Crippen LogP contribution in [-0.2, 0) is 17.8 Å². The van der Waals surface area contributed by atoms with Crippen LogP contribution in [0.4, 0.5) is 0 Å². The molecule has 0 aliphatic carbocycles. The van der Waals surface area contributed by atoms with Crippen LogP contribution in [0.3, 0.4) is 0 Å². The summed E-state index contributed by atoms with van der Waals surface area (Å²) in [5.74, 6) is 0. The maximum absolute atomic E-state index is 10.7. The first-order valence-corrected chi connectivity index (χ1v) is 7.68. The number of carbonyl (C=O) groups is 1. The molecule has 0 fully saturated rings. The Labute approximate surface area is 126 Å². The summed E-state index contributed by atoms with van der Waals surface area (Å²) in [5.41, 5.74) is 3.57. The van der Waals surface area contributed by atoms with Gasteiger partial charge in [0.15, 0.2) is 0 Å². The van der Waals surface area contributed by atoms with Crippen LogP contribution in [0.15, 0.2) is 40.9 Å². The van der Waals surface area contributed by atoms with Gasteiger partial charge in [-0.1, -0.05) is 28.9 Å². The number of hydrogen-bond acceptors (Lipinski definition) is 1. The average Bonchev–Trinajstić information content (AvgIpc) is 2.73. The molecule has 0 amide bonds. The van der Waals surface area contributed by atoms with E-state index in [1.807, 2.05) is 0 Å². The average molecular weight is 330 g/mol. The van der Waals surface area contributed by atoms with Crippen LogP contribution in [0, 0.1) is 0 Å². The number of fused-ring (bicyclic) bond motifs is 3. The third-order valence-corrected chi connectivity index (χ3v) is 4.15. The molecule has 0 saturated carbocycles. The molecule has 1 aromatic heterocycles. The second-order valence-electron chi connectivity index (χ2n) is 5.04. The molecule has 0 radical (unpaired) electrons. The monoisotopic (exact) mass is 329 g/mol. The molecule has 0 unspecified atom stereocenters. The second-order valence-corrected chi connectivity index (χ2v) is 5.95. The summed E-state index contributed by atoms with van der Waals surface area (Å²) in [4.78, 5) is 10.7. The third-order valence-electron chi connectivity index (χ3n) is 3.66. The Balaban J connectivity index is 2.37. The molecule has 0 spiro atoms. The molecule has 0 saturated heterocycles. The predicted molar refractivity (Wildman–Crippen MR) is 87.2 cm³/mol. The minimum Gasteiger partial charge on any atom is -0.340 e. The largest absolute Gasteiger partial charge is 0.340 e. The van der Waals surface area contributed by atoms with Crippen LogP contribution in [0.2, 0.25) is 0 Å². The zero-order valence-electron chi connectivity index (χ0n) is 11.4. The summed E-state index contributed by atoms with van der Waals surface area (Å²) >= 11 is 3.55. The normalized spacial score (nSPS) is 11.3. The van der Waals surface area contributed by atoms with Crippen molar-refractivity contribution in [2.45, 2.75) is 26.3 Å². The molecular weight excluding hydrogens is 314 g/mol. The van der Waals surface area contributed by atoms with Crippen molar-refractivity contribution in [2.75, 3.05) is 0 Å². The van der Waals surface area contributed by atoms with Gasteiger partial charge >= 0.3 is 0 Å². The van der Waals surface area contributed by atoms with Crippen molar-refractivity contribution in [1.82, 2.24) is 4.57 Å². The van der Waals surface area contributed by atoms with E-state index in [-0.39, 0.29) is 0 Å². The Morgan fingerprint density at radius 2 is 1.80 bits per heavy atom. The number of aldehydes is 1. The number of rotatable bonds is 4. The van der Waals surface area contributed by atoms with Gasteiger partial charge in [-0.3, -0.25) is 0 Å². The van der Waals surface area contributed by atoms with Gasteiger partial charge in [-0.25, -0.2) is 0 Å². The molecule has 0 aliphatic rings. The van der Waals surface area contributed by atoms with E-state index in [4.69, 9.17) is 0 Å². The SMILES string of the molecule is CCCn1c2ccc(Br)cc2c2cc(CC=O)ccc21. The molecule has 0 N–H and O–H groups in total. The lowest BCUT2D eigenvalue weighted by Crippen LogP contribution is -1.95. The van der Waals surface area contributed by atoms with Gasteiger partial charge < -0.3 is 9.36 Å². The van der Waals surface area contributed by atoms with Gasteiger partial charge in [0, 0.05) is 39.2 Å². The molecule has 0 atom stereocenters. The van der Waals surface area contributed by atoms with Crippen molar-refractivity contribution in [3.63, 3.8) is 0 Å². The molecule has 1 heterocycles. The van der Waals surface area contributed by atoms with Crippen molar-refractivity contribution in [2.24, 2.45) is 0 Å². The fraction of sp³-hybridized carbons (Fsp3) is 0.235. The summed E-state index contributed by atoms with van der Waals surface area (Å²) in [6.45, 7) is 3.20. The molecule has 0 aliphatic heterocycles. The molecule has 0 bridgehead atoms. The lowest BCUT2D eigenvalue weighted by atomic mass is 10.1. The van der Waals surface area contributed by atoms with Crippen LogP contribution in [0.5, 0.6) is 0 Å². The summed E-state index contributed by atoms with van der Waals surface area (Å²) in [7, 11) is 0. The van der Waals surface area contributed by atoms with Crippen LogP contribution < -0.4 is 0 Å². The summed E-state index contributed by atoms with van der Waals surface area (Å²) in [6.07, 6.45) is 2.54. The minimum atomic E-state index is 0.477. The van der Waals surface area contributed by atoms with Gasteiger partial charge in [0.05, 0.1) is 0 Å². The maximum Gasteiger partial charge on any atom is 0.124 e. The highest BCUT2D eigenvalue weighted by Crippen LogP contribution is 2.32. The van der Waals surface area contributed by atoms with Gasteiger partial charge in [0.2, 0.25) is 0 Å². The number of hydrogen-bond donors (Lipinski definition) is 0. The Morgan fingerprint density at radius 3 is 2.50 bits per heavy atom. The number of aryl methyl sites for hydroxylation is 1. The molecule has 2 aromatic carbocycles. The highest BCUT2D eigenvalue weighted by Gasteiger charge is 2.11. The van der Waals surface area contributed by atoms with Gasteiger partial charge in [-0.05, 0) is 42.3 Å². The minimum absolute atomic E-state index is 0.477. The first-order chi connectivity index (χ1) is 9.74. The zero-order valence-corrected chi connectivity index (χ0v) is 13.0. The van der Waals surface area contributed by atoms with E-state index in [1.165, 1.54) is 21.8 Å². The third kappa shape index (κ3) is 2.16. The first-order valence-electron chi connectivity index (χ1n) is 6.88. The van der Waals surface area contributed by atoms with E-state index in [9.17, 15) is 4.79 Å². The van der Waals surface area contributed by atoms with Gasteiger partial charge in [-0.15, -0.1) is 0 Å². The van der Waals surface area contributed by atoms with Crippen molar-refractivity contribution >= 4 is 44.0 Å². The molecule has 102 valence electrons. The van der Waals surface area contributed by atoms with E-state index in [1.54, 1.807) is 0 Å². The van der Waals surface area contributed by atoms with E-state index >= 15 is 0 Å². The molecule has 3 heteroatoms. The van der Waals surface area contributed by atoms with Crippen molar-refractivity contribution in [1.29, 1.82) is 0 Å². The van der Waals surface area contributed by atoms with Crippen molar-refractivity contribution in [3.05, 3.63) is 46.4 Å². The smallest absolute Gasteiger partial charge is 0.124 e. The lowest BCUT2D eigenvalue weighted by Gasteiger charge is -2.05. The first kappa shape index (κ1) is 13.4. The zero-order chi connectivity index (χ0) is 14.1. The molecule has 2 nitrogen and oxygen atoms in total. The van der Waals surface area contributed by atoms with Crippen molar-refractivity contribution < 1.29 is 4.79 Å². The quantitative estimate of drug-likeness (QED) is 0.635. The van der Waals surface area contributed by atoms with E-state index in [0.29, 0.717) is 6.42 Å². The van der Waals surface area contributed by atoms with Crippen LogP contribution in [-0.4, -0.2) is 10.9 Å². The van der Waals surface area contributed by atoms with E-state index in [2.05, 4.69) is 63.8 Å². The van der Waals surface area contributed by atoms with Crippen LogP contribution in [0.25, 0.3) is 21.8 Å². The topological polar surface area (TPSA) is 22.0 Å². The standard InChI is InChI=1S/C17H16BrNO/c1-2-8-19-16-5-3-12(7-9-20)10-14(16)15-11-13(18)4-6-17(15)19/h3-6,9-11H,2,7-8H2,1H3. The van der Waals surface area contributed by atoms with Crippen LogP contribution >= 0.6 is 15.9 Å². The Bertz CT molecular complexity index is 788. The Kier molecular flexibility index (Phi) is 3.62. The Hall–Kier alpha value is -1.61. The molecule has 3 rings (SSSR count). The summed E-state index contributed by atoms with van der Waals surface area (Å²) < 4.78 is 3.45. The highest BCUT2D eigenvalue weighted by atomic mass is 79.9. The molecular formula is C17H16BrNO. The van der Waals surface area contributed by atoms with E-state index < -0.39 is 0 Å². The van der Waals surface area contributed by atoms with E-state index in [0.717, 1.165) is 29.3 Å². The molecule has 20 heavy (non-hydrogen) atoms. The fourth-order valence-electron chi connectivity index (χ4n) is 2.81. The number of aromatic nitrogens is 1. The van der Waals surface area contributed by atoms with Gasteiger partial charge in [0.1, 0.15) is 6.29 Å². The number of benzene rings is 2. The highest BCUT2D eigenvalue weighted by molar-refractivity contribution is 9.10. The maximum atomic E-state index is 10.7.